The van der Waals surface area contributed by atoms with Gasteiger partial charge in [-0.05, 0) is 24.6 Å². The highest BCUT2D eigenvalue weighted by molar-refractivity contribution is 5.82. The van der Waals surface area contributed by atoms with Gasteiger partial charge in [0.2, 0.25) is 0 Å². The number of ether oxygens (including phenoxy) is 2. The topological polar surface area (TPSA) is 67.5 Å². The van der Waals surface area contributed by atoms with Gasteiger partial charge >= 0.3 is 0 Å². The molecule has 0 unspecified atom stereocenters. The molecule has 122 valence electrons. The average Bonchev–Trinajstić information content (AvgIpc) is 3.08. The maximum absolute atomic E-state index is 12.7. The van der Waals surface area contributed by atoms with Gasteiger partial charge in [-0.1, -0.05) is 12.1 Å². The fourth-order valence-electron chi connectivity index (χ4n) is 2.72. The Balaban J connectivity index is 1.69. The lowest BCUT2D eigenvalue weighted by atomic mass is 10.1. The molecule has 3 rings (SSSR count). The number of H-pyrrole nitrogens is 1. The number of aromatic amines is 1. The summed E-state index contributed by atoms with van der Waals surface area (Å²) in [6.45, 7) is 3.13. The van der Waals surface area contributed by atoms with Gasteiger partial charge in [-0.25, -0.2) is 4.98 Å². The number of methoxy groups -OCH3 is 1. The molecule has 0 spiro atoms. The lowest BCUT2D eigenvalue weighted by Crippen LogP contribution is -2.52. The van der Waals surface area contributed by atoms with Crippen LogP contribution in [0.1, 0.15) is 18.2 Å². The quantitative estimate of drug-likeness (QED) is 0.913. The van der Waals surface area contributed by atoms with E-state index in [1.165, 1.54) is 0 Å². The normalized spacial score (nSPS) is 21.5. The summed E-state index contributed by atoms with van der Waals surface area (Å²) in [7, 11) is 1.64. The molecule has 1 aliphatic heterocycles. The first-order valence-electron chi connectivity index (χ1n) is 7.69. The van der Waals surface area contributed by atoms with Gasteiger partial charge in [-0.3, -0.25) is 4.79 Å². The second kappa shape index (κ2) is 6.83. The van der Waals surface area contributed by atoms with Gasteiger partial charge in [0.05, 0.1) is 26.1 Å². The van der Waals surface area contributed by atoms with Crippen molar-refractivity contribution in [3.8, 4) is 5.75 Å². The lowest BCUT2D eigenvalue weighted by molar-refractivity contribution is -0.159. The Kier molecular flexibility index (Phi) is 4.62. The van der Waals surface area contributed by atoms with Crippen molar-refractivity contribution >= 4 is 5.91 Å². The number of rotatable bonds is 5. The van der Waals surface area contributed by atoms with E-state index in [0.717, 1.165) is 17.0 Å². The molecule has 23 heavy (non-hydrogen) atoms. The van der Waals surface area contributed by atoms with Crippen molar-refractivity contribution < 1.29 is 14.3 Å². The van der Waals surface area contributed by atoms with Crippen molar-refractivity contribution in [2.24, 2.45) is 0 Å². The number of nitrogens with one attached hydrogen (secondary N) is 1. The third-order valence-corrected chi connectivity index (χ3v) is 4.10. The van der Waals surface area contributed by atoms with Crippen LogP contribution in [-0.4, -0.2) is 46.6 Å². The summed E-state index contributed by atoms with van der Waals surface area (Å²) in [5.41, 5.74) is 1.98. The molecule has 1 amide bonds. The highest BCUT2D eigenvalue weighted by Crippen LogP contribution is 2.20. The van der Waals surface area contributed by atoms with Gasteiger partial charge in [0.15, 0.2) is 0 Å². The van der Waals surface area contributed by atoms with Crippen molar-refractivity contribution in [3.63, 3.8) is 0 Å². The largest absolute Gasteiger partial charge is 0.497 e. The summed E-state index contributed by atoms with van der Waals surface area (Å²) < 4.78 is 10.9. The Labute approximate surface area is 135 Å². The van der Waals surface area contributed by atoms with Crippen LogP contribution in [0.15, 0.2) is 36.8 Å². The maximum atomic E-state index is 12.7. The number of imidazole rings is 1. The zero-order valence-corrected chi connectivity index (χ0v) is 13.4. The van der Waals surface area contributed by atoms with Crippen molar-refractivity contribution in [2.75, 3.05) is 13.7 Å². The van der Waals surface area contributed by atoms with Gasteiger partial charge in [0, 0.05) is 24.9 Å². The van der Waals surface area contributed by atoms with Crippen LogP contribution in [0.4, 0.5) is 0 Å². The van der Waals surface area contributed by atoms with Crippen LogP contribution in [0.2, 0.25) is 0 Å². The number of carbonyl (C=O) groups excluding carboxylic acids is 1. The molecule has 6 nitrogen and oxygen atoms in total. The van der Waals surface area contributed by atoms with Crippen molar-refractivity contribution in [1.82, 2.24) is 14.9 Å². The van der Waals surface area contributed by atoms with Crippen LogP contribution in [-0.2, 0) is 22.5 Å². The maximum Gasteiger partial charge on any atom is 0.252 e. The van der Waals surface area contributed by atoms with E-state index in [2.05, 4.69) is 9.97 Å². The number of benzene rings is 1. The van der Waals surface area contributed by atoms with Crippen LogP contribution in [0, 0.1) is 0 Å². The molecule has 1 N–H and O–H groups in total. The first-order valence-corrected chi connectivity index (χ1v) is 7.69. The number of hydrogen-bond acceptors (Lipinski definition) is 4. The smallest absolute Gasteiger partial charge is 0.252 e. The second-order valence-electron chi connectivity index (χ2n) is 5.77. The Morgan fingerprint density at radius 3 is 2.83 bits per heavy atom. The first-order chi connectivity index (χ1) is 11.2. The van der Waals surface area contributed by atoms with E-state index < -0.39 is 6.10 Å². The second-order valence-corrected chi connectivity index (χ2v) is 5.77. The molecule has 2 atom stereocenters. The summed E-state index contributed by atoms with van der Waals surface area (Å²) in [4.78, 5) is 21.6. The number of morpholine rings is 1. The Morgan fingerprint density at radius 1 is 1.39 bits per heavy atom. The first kappa shape index (κ1) is 15.6. The number of amides is 1. The molecule has 1 fully saturated rings. The van der Waals surface area contributed by atoms with Gasteiger partial charge < -0.3 is 19.4 Å². The van der Waals surface area contributed by atoms with E-state index in [4.69, 9.17) is 9.47 Å². The zero-order chi connectivity index (χ0) is 16.2. The summed E-state index contributed by atoms with van der Waals surface area (Å²) in [6, 6.07) is 7.85. The van der Waals surface area contributed by atoms with Crippen LogP contribution in [0.25, 0.3) is 0 Å². The predicted molar refractivity (Wildman–Crippen MR) is 85.0 cm³/mol. The zero-order valence-electron chi connectivity index (χ0n) is 13.4. The fourth-order valence-corrected chi connectivity index (χ4v) is 2.72. The number of carbonyl (C=O) groups is 1. The molecular weight excluding hydrogens is 294 g/mol. The predicted octanol–water partition coefficient (Wildman–Crippen LogP) is 1.78. The molecule has 0 radical (unpaired) electrons. The third-order valence-electron chi connectivity index (χ3n) is 4.10. The molecular formula is C17H21N3O3. The Hall–Kier alpha value is -2.34. The highest BCUT2D eigenvalue weighted by atomic mass is 16.5. The lowest BCUT2D eigenvalue weighted by Gasteiger charge is -2.37. The molecule has 2 aromatic rings. The van der Waals surface area contributed by atoms with Gasteiger partial charge in [-0.15, -0.1) is 0 Å². The van der Waals surface area contributed by atoms with E-state index in [1.807, 2.05) is 36.1 Å². The van der Waals surface area contributed by atoms with Crippen LogP contribution in [0.5, 0.6) is 5.75 Å². The minimum absolute atomic E-state index is 0.0224. The number of aromatic nitrogens is 2. The standard InChI is InChI=1S/C17H21N3O3/c1-12-10-23-16(7-14-8-18-11-19-14)17(21)20(12)9-13-3-5-15(22-2)6-4-13/h3-6,8,11-12,16H,7,9-10H2,1-2H3,(H,18,19)/t12-,16-/m1/s1. The third kappa shape index (κ3) is 3.53. The molecule has 1 aliphatic rings. The highest BCUT2D eigenvalue weighted by Gasteiger charge is 2.34. The Morgan fingerprint density at radius 2 is 2.17 bits per heavy atom. The SMILES string of the molecule is COc1ccc(CN2C(=O)[C@@H](Cc3cnc[nH]3)OC[C@H]2C)cc1. The molecule has 0 saturated carbocycles. The van der Waals surface area contributed by atoms with Gasteiger partial charge in [0.25, 0.3) is 5.91 Å². The number of nitrogens with zero attached hydrogens (tertiary/aromatic N) is 2. The molecule has 0 bridgehead atoms. The minimum atomic E-state index is -0.454. The molecule has 1 aromatic heterocycles. The van der Waals surface area contributed by atoms with Crippen LogP contribution < -0.4 is 4.74 Å². The van der Waals surface area contributed by atoms with Gasteiger partial charge in [-0.2, -0.15) is 0 Å². The van der Waals surface area contributed by atoms with Crippen molar-refractivity contribution in [1.29, 1.82) is 0 Å². The van der Waals surface area contributed by atoms with Crippen LogP contribution in [0.3, 0.4) is 0 Å². The fraction of sp³-hybridized carbons (Fsp3) is 0.412. The number of hydrogen-bond donors (Lipinski definition) is 1. The summed E-state index contributed by atoms with van der Waals surface area (Å²) >= 11 is 0. The summed E-state index contributed by atoms with van der Waals surface area (Å²) in [6.07, 6.45) is 3.40. The average molecular weight is 315 g/mol. The summed E-state index contributed by atoms with van der Waals surface area (Å²) in [5, 5.41) is 0. The van der Waals surface area contributed by atoms with Crippen LogP contribution >= 0.6 is 0 Å². The van der Waals surface area contributed by atoms with Crippen molar-refractivity contribution in [2.45, 2.75) is 32.0 Å². The molecule has 1 aromatic carbocycles. The van der Waals surface area contributed by atoms with E-state index in [9.17, 15) is 4.79 Å². The van der Waals surface area contributed by atoms with Crippen molar-refractivity contribution in [3.05, 3.63) is 48.0 Å². The molecule has 2 heterocycles. The van der Waals surface area contributed by atoms with E-state index in [1.54, 1.807) is 19.6 Å². The van der Waals surface area contributed by atoms with E-state index in [0.29, 0.717) is 19.6 Å². The van der Waals surface area contributed by atoms with Gasteiger partial charge in [0.1, 0.15) is 11.9 Å². The molecule has 1 saturated heterocycles. The molecule has 6 heteroatoms. The minimum Gasteiger partial charge on any atom is -0.497 e. The van der Waals surface area contributed by atoms with E-state index >= 15 is 0 Å². The monoisotopic (exact) mass is 315 g/mol. The Bertz CT molecular complexity index is 640. The summed E-state index contributed by atoms with van der Waals surface area (Å²) in [5.74, 6) is 0.835. The van der Waals surface area contributed by atoms with E-state index in [-0.39, 0.29) is 11.9 Å². The molecule has 0 aliphatic carbocycles.